The molecule has 2 heterocycles. The first-order valence-corrected chi connectivity index (χ1v) is 14.3. The minimum atomic E-state index is 0. The van der Waals surface area contributed by atoms with E-state index in [1.54, 1.807) is 0 Å². The van der Waals surface area contributed by atoms with Crippen LogP contribution in [0, 0.1) is 0 Å². The first-order valence-electron chi connectivity index (χ1n) is 14.3. The molecule has 0 atom stereocenters. The highest BCUT2D eigenvalue weighted by Gasteiger charge is 2.45. The largest absolute Gasteiger partial charge is 1.00 e. The van der Waals surface area contributed by atoms with Crippen LogP contribution in [0.3, 0.4) is 0 Å². The van der Waals surface area contributed by atoms with Gasteiger partial charge in [-0.25, -0.2) is 0 Å². The molecule has 0 radical (unpaired) electrons. The molecule has 0 unspecified atom stereocenters. The molecule has 0 aliphatic carbocycles. The predicted molar refractivity (Wildman–Crippen MR) is 143 cm³/mol. The quantitative estimate of drug-likeness (QED) is 0.339. The molecule has 2 rings (SSSR count). The molecule has 34 heavy (non-hydrogen) atoms. The molecule has 6 heteroatoms. The number of nitrogens with zero attached hydrogens (tertiary/aromatic N) is 2. The molecule has 2 fully saturated rings. The van der Waals surface area contributed by atoms with E-state index in [2.05, 4.69) is 66.0 Å². The lowest BCUT2D eigenvalue weighted by molar-refractivity contribution is -0.974. The van der Waals surface area contributed by atoms with E-state index in [1.807, 2.05) is 0 Å². The van der Waals surface area contributed by atoms with Crippen LogP contribution < -0.4 is 35.4 Å². The summed E-state index contributed by atoms with van der Waals surface area (Å²) in [6.45, 7) is 32.0. The Labute approximate surface area is 227 Å². The van der Waals surface area contributed by atoms with Crippen molar-refractivity contribution in [1.29, 1.82) is 0 Å². The Morgan fingerprint density at radius 1 is 0.529 bits per heavy atom. The molecule has 0 amide bonds. The summed E-state index contributed by atoms with van der Waals surface area (Å²) >= 11 is 0. The van der Waals surface area contributed by atoms with Crippen molar-refractivity contribution >= 4 is 0 Å². The fourth-order valence-corrected chi connectivity index (χ4v) is 6.04. The maximum absolute atomic E-state index is 3.57. The summed E-state index contributed by atoms with van der Waals surface area (Å²) in [5, 5.41) is 7.13. The van der Waals surface area contributed by atoms with Gasteiger partial charge in [0.1, 0.15) is 11.1 Å². The van der Waals surface area contributed by atoms with E-state index in [9.17, 15) is 0 Å². The maximum Gasteiger partial charge on any atom is 0.106 e. The van der Waals surface area contributed by atoms with Crippen LogP contribution in [0.5, 0.6) is 0 Å². The van der Waals surface area contributed by atoms with Gasteiger partial charge in [0.2, 0.25) is 0 Å². The number of unbranched alkanes of at least 4 members (excludes halogenated alkanes) is 4. The standard InChI is InChI=1S/2C14H31N2.2ClH/c2*1-5-7-10-16(11-8-6-2)12-9-15-13-14(16,3)4;;/h2*15H,5-13H2,1-4H3;2*1H/q2*+1;;/p-2. The predicted octanol–water partition coefficient (Wildman–Crippen LogP) is -0.422. The van der Waals surface area contributed by atoms with Crippen molar-refractivity contribution in [2.45, 2.75) is 118 Å². The summed E-state index contributed by atoms with van der Waals surface area (Å²) in [5.41, 5.74) is 0.838. The number of quaternary nitrogens is 2. The van der Waals surface area contributed by atoms with Gasteiger partial charge >= 0.3 is 0 Å². The Kier molecular flexibility index (Phi) is 19.2. The second kappa shape index (κ2) is 17.8. The zero-order valence-electron chi connectivity index (χ0n) is 24.4. The van der Waals surface area contributed by atoms with Gasteiger partial charge in [-0.3, -0.25) is 0 Å². The molecule has 2 N–H and O–H groups in total. The summed E-state index contributed by atoms with van der Waals surface area (Å²) < 4.78 is 2.70. The molecule has 0 saturated carbocycles. The molecule has 208 valence electrons. The van der Waals surface area contributed by atoms with Crippen LogP contribution in [-0.4, -0.2) is 85.5 Å². The number of nitrogens with one attached hydrogen (secondary N) is 2. The molecule has 0 spiro atoms. The van der Waals surface area contributed by atoms with Crippen LogP contribution >= 0.6 is 0 Å². The lowest BCUT2D eigenvalue weighted by Gasteiger charge is -2.53. The molecule has 4 nitrogen and oxygen atoms in total. The Hall–Kier alpha value is 0.420. The Morgan fingerprint density at radius 2 is 0.794 bits per heavy atom. The van der Waals surface area contributed by atoms with Gasteiger partial charge in [-0.1, -0.05) is 53.4 Å². The van der Waals surface area contributed by atoms with E-state index in [0.717, 1.165) is 0 Å². The first kappa shape index (κ1) is 36.6. The summed E-state index contributed by atoms with van der Waals surface area (Å²) in [7, 11) is 0. The number of hydrogen-bond acceptors (Lipinski definition) is 2. The fraction of sp³-hybridized carbons (Fsp3) is 1.00. The molecule has 0 aromatic carbocycles. The third-order valence-electron chi connectivity index (χ3n) is 8.88. The monoisotopic (exact) mass is 524 g/mol. The summed E-state index contributed by atoms with van der Waals surface area (Å²) in [4.78, 5) is 0. The SMILES string of the molecule is CCCC[N+]1(CCCC)CCNCC1(C)C.CCCC[N+]1(CCCC)CCNCC1(C)C.[Cl-].[Cl-]. The topological polar surface area (TPSA) is 24.1 Å². The number of piperazine rings is 2. The molecule has 2 saturated heterocycles. The van der Waals surface area contributed by atoms with Crippen molar-refractivity contribution in [1.82, 2.24) is 10.6 Å². The summed E-state index contributed by atoms with van der Waals surface area (Å²) in [6, 6.07) is 0. The van der Waals surface area contributed by atoms with Crippen molar-refractivity contribution in [3.63, 3.8) is 0 Å². The van der Waals surface area contributed by atoms with Gasteiger partial charge in [0.05, 0.1) is 52.4 Å². The fourth-order valence-electron chi connectivity index (χ4n) is 6.04. The van der Waals surface area contributed by atoms with E-state index in [-0.39, 0.29) is 24.8 Å². The van der Waals surface area contributed by atoms with E-state index < -0.39 is 0 Å². The van der Waals surface area contributed by atoms with Crippen LogP contribution in [0.1, 0.15) is 107 Å². The van der Waals surface area contributed by atoms with Crippen LogP contribution in [-0.2, 0) is 0 Å². The highest BCUT2D eigenvalue weighted by atomic mass is 35.5. The van der Waals surface area contributed by atoms with Crippen LogP contribution in [0.15, 0.2) is 0 Å². The zero-order valence-corrected chi connectivity index (χ0v) is 25.9. The normalized spacial score (nSPS) is 21.9. The molecular weight excluding hydrogens is 463 g/mol. The van der Waals surface area contributed by atoms with Crippen LogP contribution in [0.4, 0.5) is 0 Å². The van der Waals surface area contributed by atoms with E-state index in [0.29, 0.717) is 11.1 Å². The number of rotatable bonds is 12. The second-order valence-corrected chi connectivity index (χ2v) is 12.0. The lowest BCUT2D eigenvalue weighted by Crippen LogP contribution is -3.00. The van der Waals surface area contributed by atoms with E-state index >= 15 is 0 Å². The Balaban J connectivity index is 0. The van der Waals surface area contributed by atoms with Crippen LogP contribution in [0.25, 0.3) is 0 Å². The Morgan fingerprint density at radius 3 is 1.00 bits per heavy atom. The second-order valence-electron chi connectivity index (χ2n) is 12.0. The van der Waals surface area contributed by atoms with E-state index in [4.69, 9.17) is 0 Å². The van der Waals surface area contributed by atoms with Crippen molar-refractivity contribution in [2.75, 3.05) is 65.4 Å². The minimum absolute atomic E-state index is 0. The van der Waals surface area contributed by atoms with Gasteiger partial charge in [0.25, 0.3) is 0 Å². The van der Waals surface area contributed by atoms with Gasteiger partial charge in [-0.2, -0.15) is 0 Å². The zero-order chi connectivity index (χ0) is 24.1. The van der Waals surface area contributed by atoms with Crippen LogP contribution in [0.2, 0.25) is 0 Å². The molecular formula is C28H62Cl2N4. The highest BCUT2D eigenvalue weighted by molar-refractivity contribution is 4.80. The molecule has 2 aliphatic heterocycles. The molecule has 0 aromatic rings. The Bertz CT molecular complexity index is 437. The van der Waals surface area contributed by atoms with E-state index in [1.165, 1.54) is 126 Å². The smallest absolute Gasteiger partial charge is 0.106 e. The van der Waals surface area contributed by atoms with Gasteiger partial charge in [0.15, 0.2) is 0 Å². The van der Waals surface area contributed by atoms with Crippen molar-refractivity contribution < 1.29 is 33.8 Å². The van der Waals surface area contributed by atoms with Gasteiger partial charge in [0, 0.05) is 13.1 Å². The van der Waals surface area contributed by atoms with Gasteiger partial charge < -0.3 is 44.4 Å². The maximum atomic E-state index is 3.57. The summed E-state index contributed by atoms with van der Waals surface area (Å²) in [5.74, 6) is 0. The number of halogens is 2. The minimum Gasteiger partial charge on any atom is -1.00 e. The highest BCUT2D eigenvalue weighted by Crippen LogP contribution is 2.29. The van der Waals surface area contributed by atoms with Crippen molar-refractivity contribution in [3.05, 3.63) is 0 Å². The average molecular weight is 526 g/mol. The number of hydrogen-bond donors (Lipinski definition) is 2. The summed E-state index contributed by atoms with van der Waals surface area (Å²) in [6.07, 6.45) is 10.8. The van der Waals surface area contributed by atoms with Gasteiger partial charge in [-0.05, 0) is 53.4 Å². The third kappa shape index (κ3) is 10.1. The third-order valence-corrected chi connectivity index (χ3v) is 8.88. The van der Waals surface area contributed by atoms with Gasteiger partial charge in [-0.15, -0.1) is 0 Å². The molecule has 2 aliphatic rings. The van der Waals surface area contributed by atoms with Crippen molar-refractivity contribution in [2.24, 2.45) is 0 Å². The molecule has 0 aromatic heterocycles. The van der Waals surface area contributed by atoms with Crippen molar-refractivity contribution in [3.8, 4) is 0 Å². The first-order chi connectivity index (χ1) is 15.2. The average Bonchev–Trinajstić information content (AvgIpc) is 2.76. The lowest BCUT2D eigenvalue weighted by atomic mass is 9.93. The molecule has 0 bridgehead atoms.